The summed E-state index contributed by atoms with van der Waals surface area (Å²) in [5, 5.41) is 0. The van der Waals surface area contributed by atoms with Gasteiger partial charge in [0.1, 0.15) is 11.6 Å². The zero-order chi connectivity index (χ0) is 19.0. The molecule has 2 aromatic heterocycles. The predicted octanol–water partition coefficient (Wildman–Crippen LogP) is 1.99. The summed E-state index contributed by atoms with van der Waals surface area (Å²) in [4.78, 5) is 7.90. The Bertz CT molecular complexity index is 680. The second-order valence-corrected chi connectivity index (χ2v) is 5.68. The number of rotatable bonds is 0. The summed E-state index contributed by atoms with van der Waals surface area (Å²) in [5.41, 5.74) is 6.98. The zero-order valence-electron chi connectivity index (χ0n) is 13.1. The molecule has 0 unspecified atom stereocenters. The van der Waals surface area contributed by atoms with Crippen LogP contribution in [0.3, 0.4) is 0 Å². The number of aryl methyl sites for hydroxylation is 2. The van der Waals surface area contributed by atoms with E-state index in [1.807, 2.05) is 38.1 Å². The van der Waals surface area contributed by atoms with Gasteiger partial charge < -0.3 is 16.0 Å². The minimum absolute atomic E-state index is 0. The predicted molar refractivity (Wildman–Crippen MR) is 82.5 cm³/mol. The molecule has 0 saturated heterocycles. The standard InChI is InChI=1S/2C6H8N2.CHF3O3S.Ag/c2*1-5-3-2-4-6(7)8-5;2-1(3,4)8(5,6)7;/h2*2-4H,1H3,(H2,7,8);(H,5,6,7);/q;;;+1/p-1. The summed E-state index contributed by atoms with van der Waals surface area (Å²) < 4.78 is 58.9. The number of halogens is 3. The van der Waals surface area contributed by atoms with Crippen LogP contribution in [-0.2, 0) is 32.5 Å². The number of nitrogen functional groups attached to an aromatic ring is 2. The molecule has 0 spiro atoms. The summed E-state index contributed by atoms with van der Waals surface area (Å²) in [7, 11) is -6.09. The first-order valence-corrected chi connectivity index (χ1v) is 7.64. The molecular weight excluding hydrogens is 457 g/mol. The van der Waals surface area contributed by atoms with Crippen molar-refractivity contribution in [2.45, 2.75) is 19.4 Å². The van der Waals surface area contributed by atoms with Gasteiger partial charge in [0, 0.05) is 11.4 Å². The van der Waals surface area contributed by atoms with Crippen LogP contribution in [0.4, 0.5) is 24.8 Å². The minimum Gasteiger partial charge on any atom is -0.741 e. The molecule has 0 aliphatic rings. The van der Waals surface area contributed by atoms with E-state index in [0.717, 1.165) is 11.4 Å². The number of aromatic nitrogens is 2. The summed E-state index contributed by atoms with van der Waals surface area (Å²) in [6.45, 7) is 3.83. The molecule has 144 valence electrons. The van der Waals surface area contributed by atoms with Crippen molar-refractivity contribution in [3.05, 3.63) is 47.8 Å². The molecule has 0 aromatic carbocycles. The molecule has 0 saturated carbocycles. The van der Waals surface area contributed by atoms with Crippen molar-refractivity contribution in [3.63, 3.8) is 0 Å². The number of pyridine rings is 2. The van der Waals surface area contributed by atoms with Crippen molar-refractivity contribution in [1.29, 1.82) is 0 Å². The summed E-state index contributed by atoms with van der Waals surface area (Å²) >= 11 is 0. The third kappa shape index (κ3) is 12.4. The van der Waals surface area contributed by atoms with Gasteiger partial charge in [-0.05, 0) is 38.1 Å². The van der Waals surface area contributed by atoms with Crippen LogP contribution >= 0.6 is 0 Å². The van der Waals surface area contributed by atoms with E-state index in [4.69, 9.17) is 24.4 Å². The number of hydrogen-bond donors (Lipinski definition) is 2. The molecule has 2 heterocycles. The molecule has 0 bridgehead atoms. The number of hydrogen-bond acceptors (Lipinski definition) is 7. The topological polar surface area (TPSA) is 135 Å². The van der Waals surface area contributed by atoms with Gasteiger partial charge in [-0.3, -0.25) is 0 Å². The maximum atomic E-state index is 10.7. The van der Waals surface area contributed by atoms with Gasteiger partial charge in [-0.2, -0.15) is 13.2 Å². The van der Waals surface area contributed by atoms with Gasteiger partial charge >= 0.3 is 27.9 Å². The molecule has 12 heteroatoms. The van der Waals surface area contributed by atoms with E-state index in [2.05, 4.69) is 9.97 Å². The molecule has 0 aliphatic carbocycles. The first kappa shape index (κ1) is 25.6. The molecule has 0 atom stereocenters. The maximum Gasteiger partial charge on any atom is 1.00 e. The Hall–Kier alpha value is -1.66. The SMILES string of the molecule is Cc1cccc(N)n1.Cc1cccc(N)n1.O=S(=O)([O-])C(F)(F)F.[Ag+]. The number of alkyl halides is 3. The van der Waals surface area contributed by atoms with Gasteiger partial charge in [0.05, 0.1) is 0 Å². The summed E-state index contributed by atoms with van der Waals surface area (Å²) in [6, 6.07) is 11.1. The molecule has 4 N–H and O–H groups in total. The summed E-state index contributed by atoms with van der Waals surface area (Å²) in [6.07, 6.45) is 0. The third-order valence-corrected chi connectivity index (χ3v) is 2.67. The normalized spacial score (nSPS) is 10.3. The van der Waals surface area contributed by atoms with Crippen LogP contribution in [0.2, 0.25) is 0 Å². The molecule has 7 nitrogen and oxygen atoms in total. The van der Waals surface area contributed by atoms with E-state index in [0.29, 0.717) is 11.6 Å². The Morgan fingerprint density at radius 1 is 0.920 bits per heavy atom. The fourth-order valence-corrected chi connectivity index (χ4v) is 1.13. The molecule has 2 rings (SSSR count). The maximum absolute atomic E-state index is 10.7. The van der Waals surface area contributed by atoms with E-state index in [-0.39, 0.29) is 22.4 Å². The van der Waals surface area contributed by atoms with E-state index >= 15 is 0 Å². The molecule has 2 aromatic rings. The van der Waals surface area contributed by atoms with Crippen molar-refractivity contribution >= 4 is 21.8 Å². The van der Waals surface area contributed by atoms with Crippen molar-refractivity contribution in [1.82, 2.24) is 9.97 Å². The average Bonchev–Trinajstić information content (AvgIpc) is 2.37. The summed E-state index contributed by atoms with van der Waals surface area (Å²) in [5.74, 6) is 1.18. The molecule has 0 radical (unpaired) electrons. The Morgan fingerprint density at radius 2 is 1.20 bits per heavy atom. The van der Waals surface area contributed by atoms with Crippen LogP contribution in [-0.4, -0.2) is 28.4 Å². The van der Waals surface area contributed by atoms with Gasteiger partial charge in [-0.25, -0.2) is 18.4 Å². The Morgan fingerprint density at radius 3 is 1.32 bits per heavy atom. The largest absolute Gasteiger partial charge is 1.00 e. The van der Waals surface area contributed by atoms with Crippen LogP contribution in [0.5, 0.6) is 0 Å². The first-order valence-electron chi connectivity index (χ1n) is 6.23. The van der Waals surface area contributed by atoms with Crippen molar-refractivity contribution in [3.8, 4) is 0 Å². The Balaban J connectivity index is 0. The van der Waals surface area contributed by atoms with Crippen molar-refractivity contribution < 1.29 is 48.5 Å². The molecule has 25 heavy (non-hydrogen) atoms. The second kappa shape index (κ2) is 11.1. The Kier molecular flexibility index (Phi) is 11.3. The Labute approximate surface area is 158 Å². The van der Waals surface area contributed by atoms with Gasteiger partial charge in [-0.15, -0.1) is 0 Å². The number of anilines is 2. The van der Waals surface area contributed by atoms with Gasteiger partial charge in [0.15, 0.2) is 10.1 Å². The van der Waals surface area contributed by atoms with Crippen LogP contribution < -0.4 is 11.5 Å². The van der Waals surface area contributed by atoms with Crippen molar-refractivity contribution in [2.24, 2.45) is 0 Å². The quantitative estimate of drug-likeness (QED) is 0.340. The van der Waals surface area contributed by atoms with E-state index < -0.39 is 15.6 Å². The van der Waals surface area contributed by atoms with Crippen LogP contribution in [0.15, 0.2) is 36.4 Å². The third-order valence-electron chi connectivity index (χ3n) is 2.10. The molecule has 0 fully saturated rings. The fraction of sp³-hybridized carbons (Fsp3) is 0.231. The van der Waals surface area contributed by atoms with E-state index in [9.17, 15) is 13.2 Å². The number of nitrogens with zero attached hydrogens (tertiary/aromatic N) is 2. The first-order chi connectivity index (χ1) is 10.8. The van der Waals surface area contributed by atoms with Gasteiger partial charge in [-0.1, -0.05) is 12.1 Å². The second-order valence-electron chi connectivity index (χ2n) is 4.31. The fourth-order valence-electron chi connectivity index (χ4n) is 1.13. The van der Waals surface area contributed by atoms with Crippen molar-refractivity contribution in [2.75, 3.05) is 11.5 Å². The van der Waals surface area contributed by atoms with Crippen LogP contribution in [0.25, 0.3) is 0 Å². The van der Waals surface area contributed by atoms with Crippen LogP contribution in [0, 0.1) is 13.8 Å². The average molecular weight is 473 g/mol. The molecule has 0 amide bonds. The molecule has 0 aliphatic heterocycles. The minimum atomic E-state index is -6.09. The van der Waals surface area contributed by atoms with E-state index in [1.165, 1.54) is 0 Å². The monoisotopic (exact) mass is 472 g/mol. The van der Waals surface area contributed by atoms with Crippen LogP contribution in [0.1, 0.15) is 11.4 Å². The number of nitrogens with two attached hydrogens (primary N) is 2. The molecular formula is C13H16AgF3N4O3S. The van der Waals surface area contributed by atoms with E-state index in [1.54, 1.807) is 12.1 Å². The zero-order valence-corrected chi connectivity index (χ0v) is 15.4. The smallest absolute Gasteiger partial charge is 0.741 e. The van der Waals surface area contributed by atoms with Gasteiger partial charge in [0.2, 0.25) is 0 Å². The van der Waals surface area contributed by atoms with Gasteiger partial charge in [0.25, 0.3) is 0 Å².